The Hall–Kier alpha value is -1.75. The van der Waals surface area contributed by atoms with Crippen LogP contribution < -0.4 is 15.4 Å². The number of nitrogens with one attached hydrogen (secondary N) is 2. The third-order valence-electron chi connectivity index (χ3n) is 2.97. The fourth-order valence-electron chi connectivity index (χ4n) is 2.06. The average Bonchev–Trinajstić information content (AvgIpc) is 2.41. The van der Waals surface area contributed by atoms with Crippen molar-refractivity contribution in [3.8, 4) is 5.75 Å². The van der Waals surface area contributed by atoms with Gasteiger partial charge in [0.1, 0.15) is 12.4 Å². The molecule has 1 rings (SSSR count). The van der Waals surface area contributed by atoms with Crippen LogP contribution in [0.5, 0.6) is 5.75 Å². The van der Waals surface area contributed by atoms with Crippen LogP contribution in [-0.4, -0.2) is 36.9 Å². The van der Waals surface area contributed by atoms with Gasteiger partial charge < -0.3 is 20.5 Å². The fraction of sp³-hybridized carbons (Fsp3) is 0.562. The molecule has 5 nitrogen and oxygen atoms in total. The minimum atomic E-state index is -0.479. The van der Waals surface area contributed by atoms with Crippen LogP contribution in [-0.2, 0) is 0 Å². The first kappa shape index (κ1) is 17.3. The summed E-state index contributed by atoms with van der Waals surface area (Å²) in [7, 11) is 0. The summed E-state index contributed by atoms with van der Waals surface area (Å²) in [6.07, 6.45) is 1.11. The van der Waals surface area contributed by atoms with E-state index in [1.54, 1.807) is 0 Å². The number of aliphatic hydroxyl groups excluding tert-OH is 1. The van der Waals surface area contributed by atoms with E-state index in [9.17, 15) is 9.90 Å². The van der Waals surface area contributed by atoms with Crippen molar-refractivity contribution in [1.82, 2.24) is 10.6 Å². The molecule has 118 valence electrons. The molecular formula is C16H26N2O3. The highest BCUT2D eigenvalue weighted by Gasteiger charge is 2.05. The number of hydrogen-bond donors (Lipinski definition) is 3. The number of amides is 2. The van der Waals surface area contributed by atoms with Crippen LogP contribution in [0.3, 0.4) is 0 Å². The number of carbonyl (C=O) groups is 1. The molecule has 0 saturated heterocycles. The van der Waals surface area contributed by atoms with E-state index in [-0.39, 0.29) is 12.6 Å². The van der Waals surface area contributed by atoms with E-state index >= 15 is 0 Å². The minimum absolute atomic E-state index is 0.275. The largest absolute Gasteiger partial charge is 0.492 e. The fourth-order valence-corrected chi connectivity index (χ4v) is 2.06. The van der Waals surface area contributed by atoms with E-state index in [2.05, 4.69) is 16.7 Å². The second-order valence-electron chi connectivity index (χ2n) is 5.25. The molecule has 0 radical (unpaired) electrons. The van der Waals surface area contributed by atoms with Crippen molar-refractivity contribution in [2.75, 3.05) is 19.7 Å². The molecule has 0 aliphatic heterocycles. The Morgan fingerprint density at radius 1 is 1.24 bits per heavy atom. The van der Waals surface area contributed by atoms with Gasteiger partial charge in [-0.05, 0) is 43.5 Å². The number of hydrogen-bond acceptors (Lipinski definition) is 3. The summed E-state index contributed by atoms with van der Waals surface area (Å²) in [4.78, 5) is 11.5. The van der Waals surface area contributed by atoms with Gasteiger partial charge in [0.15, 0.2) is 0 Å². The normalized spacial score (nSPS) is 11.8. The molecule has 0 heterocycles. The molecule has 1 atom stereocenters. The number of aryl methyl sites for hydroxylation is 2. The van der Waals surface area contributed by atoms with Crippen molar-refractivity contribution >= 4 is 6.03 Å². The summed E-state index contributed by atoms with van der Waals surface area (Å²) in [5.74, 6) is 0.813. The summed E-state index contributed by atoms with van der Waals surface area (Å²) in [6.45, 7) is 7.14. The summed E-state index contributed by atoms with van der Waals surface area (Å²) >= 11 is 0. The molecular weight excluding hydrogens is 268 g/mol. The molecule has 0 fully saturated rings. The first-order valence-corrected chi connectivity index (χ1v) is 7.42. The number of carbonyl (C=O) groups excluding carboxylic acids is 1. The van der Waals surface area contributed by atoms with Crippen LogP contribution in [0.15, 0.2) is 18.2 Å². The SMILES string of the molecule is CCCC(O)CNC(=O)NCCOc1cc(C)cc(C)c1. The molecule has 0 spiro atoms. The van der Waals surface area contributed by atoms with E-state index in [0.29, 0.717) is 19.6 Å². The maximum absolute atomic E-state index is 11.5. The average molecular weight is 294 g/mol. The molecule has 5 heteroatoms. The van der Waals surface area contributed by atoms with Crippen LogP contribution in [0.2, 0.25) is 0 Å². The number of rotatable bonds is 8. The molecule has 3 N–H and O–H groups in total. The van der Waals surface area contributed by atoms with Gasteiger partial charge in [-0.1, -0.05) is 19.4 Å². The number of urea groups is 1. The van der Waals surface area contributed by atoms with Gasteiger partial charge in [0.25, 0.3) is 0 Å². The van der Waals surface area contributed by atoms with Crippen molar-refractivity contribution in [2.45, 2.75) is 39.7 Å². The zero-order chi connectivity index (χ0) is 15.7. The van der Waals surface area contributed by atoms with Gasteiger partial charge in [0, 0.05) is 6.54 Å². The lowest BCUT2D eigenvalue weighted by Gasteiger charge is -2.12. The Morgan fingerprint density at radius 3 is 2.52 bits per heavy atom. The molecule has 1 unspecified atom stereocenters. The first-order valence-electron chi connectivity index (χ1n) is 7.42. The lowest BCUT2D eigenvalue weighted by Crippen LogP contribution is -2.41. The topological polar surface area (TPSA) is 70.6 Å². The van der Waals surface area contributed by atoms with E-state index in [1.165, 1.54) is 0 Å². The number of ether oxygens (including phenoxy) is 1. The Labute approximate surface area is 126 Å². The molecule has 0 saturated carbocycles. The Morgan fingerprint density at radius 2 is 1.90 bits per heavy atom. The van der Waals surface area contributed by atoms with Gasteiger partial charge in [0.05, 0.1) is 12.6 Å². The highest BCUT2D eigenvalue weighted by atomic mass is 16.5. The van der Waals surface area contributed by atoms with Crippen LogP contribution >= 0.6 is 0 Å². The molecule has 1 aromatic carbocycles. The van der Waals surface area contributed by atoms with E-state index in [0.717, 1.165) is 23.3 Å². The van der Waals surface area contributed by atoms with Gasteiger partial charge in [0.2, 0.25) is 0 Å². The first-order chi connectivity index (χ1) is 10.0. The molecule has 21 heavy (non-hydrogen) atoms. The van der Waals surface area contributed by atoms with Crippen molar-refractivity contribution < 1.29 is 14.6 Å². The van der Waals surface area contributed by atoms with Crippen LogP contribution in [0, 0.1) is 13.8 Å². The van der Waals surface area contributed by atoms with Crippen LogP contribution in [0.25, 0.3) is 0 Å². The van der Waals surface area contributed by atoms with Crippen molar-refractivity contribution in [2.24, 2.45) is 0 Å². The smallest absolute Gasteiger partial charge is 0.315 e. The number of benzene rings is 1. The monoisotopic (exact) mass is 294 g/mol. The van der Waals surface area contributed by atoms with Gasteiger partial charge in [-0.15, -0.1) is 0 Å². The predicted molar refractivity (Wildman–Crippen MR) is 83.7 cm³/mol. The highest BCUT2D eigenvalue weighted by molar-refractivity contribution is 5.73. The third-order valence-corrected chi connectivity index (χ3v) is 2.97. The lowest BCUT2D eigenvalue weighted by atomic mass is 10.1. The van der Waals surface area contributed by atoms with Gasteiger partial charge >= 0.3 is 6.03 Å². The zero-order valence-electron chi connectivity index (χ0n) is 13.1. The Bertz CT molecular complexity index is 429. The lowest BCUT2D eigenvalue weighted by molar-refractivity contribution is 0.160. The second-order valence-corrected chi connectivity index (χ2v) is 5.25. The van der Waals surface area contributed by atoms with Gasteiger partial charge in [-0.2, -0.15) is 0 Å². The Balaban J connectivity index is 2.17. The summed E-state index contributed by atoms with van der Waals surface area (Å²) in [6, 6.07) is 5.73. The molecule has 0 bridgehead atoms. The van der Waals surface area contributed by atoms with E-state index in [4.69, 9.17) is 4.74 Å². The summed E-state index contributed by atoms with van der Waals surface area (Å²) in [5.41, 5.74) is 2.31. The van der Waals surface area contributed by atoms with Crippen molar-refractivity contribution in [3.63, 3.8) is 0 Å². The molecule has 0 aliphatic rings. The van der Waals surface area contributed by atoms with Gasteiger partial charge in [-0.3, -0.25) is 0 Å². The third kappa shape index (κ3) is 7.56. The maximum atomic E-state index is 11.5. The van der Waals surface area contributed by atoms with Crippen LogP contribution in [0.1, 0.15) is 30.9 Å². The van der Waals surface area contributed by atoms with E-state index < -0.39 is 6.10 Å². The van der Waals surface area contributed by atoms with Crippen molar-refractivity contribution in [3.05, 3.63) is 29.3 Å². The molecule has 0 aromatic heterocycles. The zero-order valence-corrected chi connectivity index (χ0v) is 13.1. The summed E-state index contributed by atoms with van der Waals surface area (Å²) in [5, 5.41) is 14.8. The maximum Gasteiger partial charge on any atom is 0.315 e. The number of aliphatic hydroxyl groups is 1. The molecule has 0 aliphatic carbocycles. The van der Waals surface area contributed by atoms with Crippen LogP contribution in [0.4, 0.5) is 4.79 Å². The predicted octanol–water partition coefficient (Wildman–Crippen LogP) is 2.14. The summed E-state index contributed by atoms with van der Waals surface area (Å²) < 4.78 is 5.59. The Kier molecular flexibility index (Phi) is 7.61. The van der Waals surface area contributed by atoms with Crippen molar-refractivity contribution in [1.29, 1.82) is 0 Å². The van der Waals surface area contributed by atoms with Gasteiger partial charge in [-0.25, -0.2) is 4.79 Å². The highest BCUT2D eigenvalue weighted by Crippen LogP contribution is 2.15. The quantitative estimate of drug-likeness (QED) is 0.643. The van der Waals surface area contributed by atoms with E-state index in [1.807, 2.05) is 32.9 Å². The minimum Gasteiger partial charge on any atom is -0.492 e. The standard InChI is InChI=1S/C16H26N2O3/c1-4-5-14(19)11-18-16(20)17-6-7-21-15-9-12(2)8-13(3)10-15/h8-10,14,19H,4-7,11H2,1-3H3,(H2,17,18,20). The molecule has 2 amide bonds. The second kappa shape index (κ2) is 9.23. The molecule has 1 aromatic rings.